The van der Waals surface area contributed by atoms with Gasteiger partial charge in [-0.25, -0.2) is 0 Å². The highest BCUT2D eigenvalue weighted by molar-refractivity contribution is 5.78. The molecule has 1 spiro atoms. The van der Waals surface area contributed by atoms with Gasteiger partial charge in [-0.15, -0.1) is 16.6 Å². The van der Waals surface area contributed by atoms with E-state index < -0.39 is 0 Å². The standard InChI is InChI=1S/C40H61N7O5/c1-3-18-49-20-22-51-24-25-52-23-21-50-19-14-42-38(48)30-45-16-12-40(13-17-45)28-33(29-40)39-44-43-31(2)47(39)36-26-34-9-10-35(27-36)46(34)15-11-37(41)32-7-5-4-6-8-32/h1,4-8,33-37H,9-30,41H2,2H3,(H,42,48)/t34?,35?,36?,37-/m0/s1. The lowest BCUT2D eigenvalue weighted by Gasteiger charge is -2.52. The van der Waals surface area contributed by atoms with E-state index in [1.807, 2.05) is 0 Å². The van der Waals surface area contributed by atoms with Gasteiger partial charge in [0.1, 0.15) is 18.3 Å². The molecule has 4 aliphatic rings. The van der Waals surface area contributed by atoms with Crippen LogP contribution in [0.4, 0.5) is 0 Å². The Morgan fingerprint density at radius 2 is 1.58 bits per heavy atom. The Morgan fingerprint density at radius 3 is 2.23 bits per heavy atom. The molecule has 6 rings (SSSR count). The zero-order chi connectivity index (χ0) is 36.2. The van der Waals surface area contributed by atoms with Crippen molar-refractivity contribution < 1.29 is 23.7 Å². The third kappa shape index (κ3) is 10.4. The molecule has 3 aliphatic heterocycles. The molecule has 1 saturated carbocycles. The number of carbonyl (C=O) groups is 1. The number of rotatable bonds is 21. The topological polar surface area (TPSA) is 129 Å². The predicted molar refractivity (Wildman–Crippen MR) is 200 cm³/mol. The van der Waals surface area contributed by atoms with E-state index in [9.17, 15) is 4.79 Å². The molecule has 3 saturated heterocycles. The van der Waals surface area contributed by atoms with Crippen molar-refractivity contribution in [3.8, 4) is 12.3 Å². The van der Waals surface area contributed by atoms with E-state index >= 15 is 0 Å². The van der Waals surface area contributed by atoms with Gasteiger partial charge in [-0.05, 0) is 88.8 Å². The summed E-state index contributed by atoms with van der Waals surface area (Å²) in [7, 11) is 0. The molecular formula is C40H61N7O5. The Bertz CT molecular complexity index is 1400. The highest BCUT2D eigenvalue weighted by Crippen LogP contribution is 2.57. The third-order valence-electron chi connectivity index (χ3n) is 11.9. The normalized spacial score (nSPS) is 23.8. The first-order valence-electron chi connectivity index (χ1n) is 19.7. The van der Waals surface area contributed by atoms with Crippen molar-refractivity contribution in [1.29, 1.82) is 0 Å². The van der Waals surface area contributed by atoms with Gasteiger partial charge in [-0.3, -0.25) is 14.6 Å². The molecule has 0 radical (unpaired) electrons. The molecular weight excluding hydrogens is 658 g/mol. The van der Waals surface area contributed by atoms with Gasteiger partial charge in [0.25, 0.3) is 0 Å². The van der Waals surface area contributed by atoms with E-state index in [1.54, 1.807) is 0 Å². The number of hydrogen-bond acceptors (Lipinski definition) is 10. The fourth-order valence-corrected chi connectivity index (χ4v) is 9.17. The van der Waals surface area contributed by atoms with Crippen molar-refractivity contribution in [2.45, 2.75) is 94.8 Å². The molecule has 4 heterocycles. The van der Waals surface area contributed by atoms with E-state index in [0.717, 1.165) is 44.7 Å². The largest absolute Gasteiger partial charge is 0.377 e. The minimum Gasteiger partial charge on any atom is -0.377 e. The minimum atomic E-state index is 0.0632. The van der Waals surface area contributed by atoms with Crippen LogP contribution in [0.5, 0.6) is 0 Å². The van der Waals surface area contributed by atoms with Crippen LogP contribution in [-0.4, -0.2) is 128 Å². The van der Waals surface area contributed by atoms with Gasteiger partial charge >= 0.3 is 0 Å². The zero-order valence-electron chi connectivity index (χ0n) is 31.3. The highest BCUT2D eigenvalue weighted by Gasteiger charge is 2.49. The molecule has 12 heteroatoms. The summed E-state index contributed by atoms with van der Waals surface area (Å²) >= 11 is 0. The molecule has 1 aromatic carbocycles. The number of terminal acetylenes is 1. The van der Waals surface area contributed by atoms with Gasteiger partial charge in [0.2, 0.25) is 5.91 Å². The number of fused-ring (bicyclic) bond motifs is 2. The van der Waals surface area contributed by atoms with Crippen molar-refractivity contribution in [1.82, 2.24) is 29.9 Å². The van der Waals surface area contributed by atoms with Crippen LogP contribution < -0.4 is 11.1 Å². The molecule has 52 heavy (non-hydrogen) atoms. The highest BCUT2D eigenvalue weighted by atomic mass is 16.6. The average molecular weight is 720 g/mol. The first-order valence-corrected chi connectivity index (χ1v) is 19.7. The lowest BCUT2D eigenvalue weighted by Crippen LogP contribution is -2.49. The van der Waals surface area contributed by atoms with Crippen LogP contribution in [0.3, 0.4) is 0 Å². The minimum absolute atomic E-state index is 0.0632. The number of nitrogens with zero attached hydrogens (tertiary/aromatic N) is 5. The van der Waals surface area contributed by atoms with Gasteiger partial charge in [0, 0.05) is 43.2 Å². The van der Waals surface area contributed by atoms with Gasteiger partial charge in [-0.2, -0.15) is 0 Å². The van der Waals surface area contributed by atoms with Gasteiger partial charge in [0.05, 0.1) is 52.8 Å². The molecule has 2 bridgehead atoms. The number of piperidine rings is 2. The Kier molecular flexibility index (Phi) is 14.5. The summed E-state index contributed by atoms with van der Waals surface area (Å²) in [6, 6.07) is 12.3. The van der Waals surface area contributed by atoms with E-state index in [-0.39, 0.29) is 11.9 Å². The van der Waals surface area contributed by atoms with Crippen molar-refractivity contribution in [2.75, 3.05) is 85.6 Å². The summed E-state index contributed by atoms with van der Waals surface area (Å²) in [5.41, 5.74) is 8.20. The summed E-state index contributed by atoms with van der Waals surface area (Å²) in [6.45, 7) is 9.84. The quantitative estimate of drug-likeness (QED) is 0.146. The first kappa shape index (κ1) is 38.8. The van der Waals surface area contributed by atoms with Gasteiger partial charge < -0.3 is 34.6 Å². The maximum absolute atomic E-state index is 12.6. The average Bonchev–Trinajstić information content (AvgIpc) is 3.64. The molecule has 2 aromatic rings. The van der Waals surface area contributed by atoms with Crippen molar-refractivity contribution in [3.63, 3.8) is 0 Å². The Morgan fingerprint density at radius 1 is 0.942 bits per heavy atom. The van der Waals surface area contributed by atoms with Crippen molar-refractivity contribution in [3.05, 3.63) is 47.5 Å². The number of carbonyl (C=O) groups excluding carboxylic acids is 1. The van der Waals surface area contributed by atoms with E-state index in [4.69, 9.17) is 36.2 Å². The Hall–Kier alpha value is -2.89. The van der Waals surface area contributed by atoms with E-state index in [1.165, 1.54) is 49.9 Å². The van der Waals surface area contributed by atoms with Gasteiger partial charge in [-0.1, -0.05) is 36.3 Å². The monoisotopic (exact) mass is 719 g/mol. The molecule has 12 nitrogen and oxygen atoms in total. The number of nitrogens with one attached hydrogen (secondary N) is 1. The number of nitrogens with two attached hydrogens (primary N) is 1. The summed E-state index contributed by atoms with van der Waals surface area (Å²) in [4.78, 5) is 17.7. The van der Waals surface area contributed by atoms with Crippen LogP contribution in [0.25, 0.3) is 0 Å². The number of benzene rings is 1. The second-order valence-corrected chi connectivity index (χ2v) is 15.4. The van der Waals surface area contributed by atoms with E-state index in [2.05, 4.69) is 68.0 Å². The Balaban J connectivity index is 0.842. The molecule has 3 atom stereocenters. The maximum atomic E-state index is 12.6. The van der Waals surface area contributed by atoms with Crippen molar-refractivity contribution in [2.24, 2.45) is 11.1 Å². The maximum Gasteiger partial charge on any atom is 0.234 e. The van der Waals surface area contributed by atoms with Crippen LogP contribution in [-0.2, 0) is 23.7 Å². The number of amides is 1. The van der Waals surface area contributed by atoms with Crippen LogP contribution >= 0.6 is 0 Å². The molecule has 2 unspecified atom stereocenters. The predicted octanol–water partition coefficient (Wildman–Crippen LogP) is 3.62. The summed E-state index contributed by atoms with van der Waals surface area (Å²) < 4.78 is 24.1. The fourth-order valence-electron chi connectivity index (χ4n) is 9.17. The molecule has 4 fully saturated rings. The number of aromatic nitrogens is 3. The smallest absolute Gasteiger partial charge is 0.234 e. The van der Waals surface area contributed by atoms with Crippen LogP contribution in [0.1, 0.15) is 93.0 Å². The fraction of sp³-hybridized carbons (Fsp3) is 0.725. The first-order chi connectivity index (χ1) is 25.4. The van der Waals surface area contributed by atoms with Crippen molar-refractivity contribution >= 4 is 5.91 Å². The molecule has 286 valence electrons. The number of hydrogen-bond donors (Lipinski definition) is 2. The molecule has 3 N–H and O–H groups in total. The number of aryl methyl sites for hydroxylation is 1. The summed E-state index contributed by atoms with van der Waals surface area (Å²) in [6.07, 6.45) is 15.7. The number of ether oxygens (including phenoxy) is 4. The second kappa shape index (κ2) is 19.4. The summed E-state index contributed by atoms with van der Waals surface area (Å²) in [5, 5.41) is 12.4. The van der Waals surface area contributed by atoms with Crippen LogP contribution in [0, 0.1) is 24.7 Å². The van der Waals surface area contributed by atoms with Gasteiger partial charge in [0.15, 0.2) is 0 Å². The zero-order valence-corrected chi connectivity index (χ0v) is 31.3. The van der Waals surface area contributed by atoms with Crippen LogP contribution in [0.15, 0.2) is 30.3 Å². The SMILES string of the molecule is C#CCOCCOCCOCCOCCNC(=O)CN1CCC2(CC1)CC(c1nnc(C)n1C1CC3CCC(C1)N3CC[C@H](N)c1ccccc1)C2. The van der Waals surface area contributed by atoms with Crippen LogP contribution in [0.2, 0.25) is 0 Å². The Labute approximate surface area is 310 Å². The molecule has 1 aromatic heterocycles. The molecule has 1 amide bonds. The lowest BCUT2D eigenvalue weighted by molar-refractivity contribution is -0.123. The second-order valence-electron chi connectivity index (χ2n) is 15.4. The number of likely N-dealkylation sites (tertiary alicyclic amines) is 1. The summed E-state index contributed by atoms with van der Waals surface area (Å²) in [5.74, 6) is 5.25. The lowest BCUT2D eigenvalue weighted by atomic mass is 9.57. The third-order valence-corrected chi connectivity index (χ3v) is 11.9. The molecule has 1 aliphatic carbocycles. The van der Waals surface area contributed by atoms with E-state index in [0.29, 0.717) is 95.4 Å².